The van der Waals surface area contributed by atoms with E-state index >= 15 is 0 Å². The van der Waals surface area contributed by atoms with Gasteiger partial charge in [-0.3, -0.25) is 4.79 Å². The lowest BCUT2D eigenvalue weighted by Gasteiger charge is -2.51. The highest BCUT2D eigenvalue weighted by Gasteiger charge is 2.54. The third kappa shape index (κ3) is 4.52. The Balaban J connectivity index is 1.53. The molecule has 3 aliphatic carbocycles. The molecular formula is C41H33NO4. The first kappa shape index (κ1) is 29.3. The Morgan fingerprint density at radius 1 is 0.761 bits per heavy atom. The van der Waals surface area contributed by atoms with E-state index in [4.69, 9.17) is 9.47 Å². The predicted molar refractivity (Wildman–Crippen MR) is 176 cm³/mol. The zero-order valence-electron chi connectivity index (χ0n) is 26.3. The van der Waals surface area contributed by atoms with E-state index in [0.717, 1.165) is 38.9 Å². The van der Waals surface area contributed by atoms with Crippen LogP contribution in [0.4, 0.5) is 0 Å². The van der Waals surface area contributed by atoms with Gasteiger partial charge in [0.1, 0.15) is 11.5 Å². The Kier molecular flexibility index (Phi) is 6.90. The standard InChI is InChI=1S/C41H33NO4/c1-25-11-5-6-12-28(25)23-41-31-15-9-7-13-29(31)35(30-14-8-10-16-32(30)41)36-33(46-39(44)40(2,3)4)21-22-34(37(36)41)45-38(43)27-19-17-26(24-42)18-20-27/h5-22,35H,23H2,1-4H3. The first-order valence-corrected chi connectivity index (χ1v) is 15.5. The number of carbonyl (C=O) groups is 2. The molecule has 0 saturated heterocycles. The van der Waals surface area contributed by atoms with Crippen molar-refractivity contribution in [3.8, 4) is 17.6 Å². The molecule has 0 radical (unpaired) electrons. The van der Waals surface area contributed by atoms with Gasteiger partial charge in [-0.1, -0.05) is 72.8 Å². The van der Waals surface area contributed by atoms with E-state index in [-0.39, 0.29) is 11.9 Å². The quantitative estimate of drug-likeness (QED) is 0.149. The predicted octanol–water partition coefficient (Wildman–Crippen LogP) is 8.42. The largest absolute Gasteiger partial charge is 0.426 e. The van der Waals surface area contributed by atoms with Crippen molar-refractivity contribution in [1.29, 1.82) is 5.26 Å². The molecule has 0 fully saturated rings. The van der Waals surface area contributed by atoms with E-state index in [1.807, 2.05) is 26.8 Å². The van der Waals surface area contributed by atoms with Gasteiger partial charge in [0, 0.05) is 17.0 Å². The maximum Gasteiger partial charge on any atom is 0.343 e. The fourth-order valence-corrected chi connectivity index (χ4v) is 7.11. The monoisotopic (exact) mass is 603 g/mol. The summed E-state index contributed by atoms with van der Waals surface area (Å²) in [5.41, 5.74) is 7.89. The van der Waals surface area contributed by atoms with Gasteiger partial charge in [0.05, 0.1) is 28.0 Å². The first-order chi connectivity index (χ1) is 22.1. The van der Waals surface area contributed by atoms with E-state index in [2.05, 4.69) is 79.7 Å². The van der Waals surface area contributed by atoms with Gasteiger partial charge < -0.3 is 9.47 Å². The SMILES string of the molecule is Cc1ccccc1CC12c3ccccc3C(c3ccccc31)c1c(OC(=O)C(C)(C)C)ccc(OC(=O)c3ccc(C#N)cc3)c12. The minimum atomic E-state index is -0.756. The molecule has 8 rings (SSSR count). The molecule has 3 aliphatic rings. The van der Waals surface area contributed by atoms with Gasteiger partial charge in [-0.15, -0.1) is 0 Å². The van der Waals surface area contributed by atoms with E-state index in [1.165, 1.54) is 5.56 Å². The summed E-state index contributed by atoms with van der Waals surface area (Å²) in [6, 6.07) is 37.3. The second-order valence-corrected chi connectivity index (χ2v) is 13.2. The highest BCUT2D eigenvalue weighted by molar-refractivity contribution is 5.92. The van der Waals surface area contributed by atoms with Gasteiger partial charge >= 0.3 is 11.9 Å². The van der Waals surface area contributed by atoms with Crippen LogP contribution in [0.2, 0.25) is 0 Å². The van der Waals surface area contributed by atoms with E-state index in [9.17, 15) is 14.9 Å². The van der Waals surface area contributed by atoms with Crippen LogP contribution in [0.1, 0.15) is 87.1 Å². The van der Waals surface area contributed by atoms with Gasteiger partial charge in [0.25, 0.3) is 0 Å². The zero-order chi connectivity index (χ0) is 32.2. The Labute approximate surface area is 269 Å². The summed E-state index contributed by atoms with van der Waals surface area (Å²) < 4.78 is 12.6. The average Bonchev–Trinajstić information content (AvgIpc) is 3.06. The smallest absolute Gasteiger partial charge is 0.343 e. The van der Waals surface area contributed by atoms with Crippen LogP contribution in [0.25, 0.3) is 0 Å². The van der Waals surface area contributed by atoms with Crippen molar-refractivity contribution in [2.45, 2.75) is 45.4 Å². The topological polar surface area (TPSA) is 76.4 Å². The van der Waals surface area contributed by atoms with Gasteiger partial charge in [0.2, 0.25) is 0 Å². The molecule has 0 unspecified atom stereocenters. The van der Waals surface area contributed by atoms with E-state index < -0.39 is 16.8 Å². The Morgan fingerprint density at radius 2 is 1.35 bits per heavy atom. The normalized spacial score (nSPS) is 17.2. The second-order valence-electron chi connectivity index (χ2n) is 13.2. The van der Waals surface area contributed by atoms with Crippen LogP contribution >= 0.6 is 0 Å². The maximum absolute atomic E-state index is 13.7. The van der Waals surface area contributed by atoms with Crippen molar-refractivity contribution < 1.29 is 19.1 Å². The molecule has 46 heavy (non-hydrogen) atoms. The molecule has 226 valence electrons. The number of nitriles is 1. The third-order valence-electron chi connectivity index (χ3n) is 9.33. The molecule has 0 atom stereocenters. The van der Waals surface area contributed by atoms with Crippen molar-refractivity contribution in [1.82, 2.24) is 0 Å². The van der Waals surface area contributed by atoms with Crippen molar-refractivity contribution in [2.24, 2.45) is 5.41 Å². The number of carbonyl (C=O) groups excluding carboxylic acids is 2. The molecule has 0 heterocycles. The van der Waals surface area contributed by atoms with E-state index in [0.29, 0.717) is 29.0 Å². The van der Waals surface area contributed by atoms with Crippen molar-refractivity contribution in [3.63, 3.8) is 0 Å². The number of nitrogens with zero attached hydrogens (tertiary/aromatic N) is 1. The highest BCUT2D eigenvalue weighted by Crippen LogP contribution is 2.64. The molecule has 5 heteroatoms. The molecule has 5 aromatic rings. The highest BCUT2D eigenvalue weighted by atomic mass is 16.5. The van der Waals surface area contributed by atoms with Crippen molar-refractivity contribution in [2.75, 3.05) is 0 Å². The summed E-state index contributed by atoms with van der Waals surface area (Å²) >= 11 is 0. The Hall–Kier alpha value is -5.47. The molecule has 0 N–H and O–H groups in total. The fraction of sp³-hybridized carbons (Fsp3) is 0.195. The van der Waals surface area contributed by atoms with Crippen LogP contribution < -0.4 is 9.47 Å². The number of hydrogen-bond acceptors (Lipinski definition) is 5. The molecule has 0 aromatic heterocycles. The van der Waals surface area contributed by atoms with Crippen LogP contribution in [0.5, 0.6) is 11.5 Å². The van der Waals surface area contributed by atoms with Gasteiger partial charge in [-0.25, -0.2) is 4.79 Å². The number of rotatable bonds is 5. The second kappa shape index (κ2) is 10.9. The summed E-state index contributed by atoms with van der Waals surface area (Å²) in [6.45, 7) is 7.64. The number of benzene rings is 5. The van der Waals surface area contributed by atoms with Crippen LogP contribution in [0.3, 0.4) is 0 Å². The van der Waals surface area contributed by atoms with Crippen LogP contribution in [-0.4, -0.2) is 11.9 Å². The van der Waals surface area contributed by atoms with Gasteiger partial charge in [0.15, 0.2) is 0 Å². The molecule has 0 spiro atoms. The van der Waals surface area contributed by atoms with Crippen molar-refractivity contribution in [3.05, 3.63) is 165 Å². The first-order valence-electron chi connectivity index (χ1n) is 15.5. The lowest BCUT2D eigenvalue weighted by atomic mass is 9.51. The maximum atomic E-state index is 13.7. The molecule has 5 nitrogen and oxygen atoms in total. The molecule has 0 amide bonds. The molecule has 0 saturated carbocycles. The van der Waals surface area contributed by atoms with Crippen LogP contribution in [-0.2, 0) is 16.6 Å². The molecular weight excluding hydrogens is 570 g/mol. The molecule has 2 bridgehead atoms. The minimum Gasteiger partial charge on any atom is -0.426 e. The van der Waals surface area contributed by atoms with Gasteiger partial charge in [-0.05, 0) is 104 Å². The van der Waals surface area contributed by atoms with Crippen LogP contribution in [0.15, 0.2) is 109 Å². The van der Waals surface area contributed by atoms with Gasteiger partial charge in [-0.2, -0.15) is 5.26 Å². The van der Waals surface area contributed by atoms with Crippen molar-refractivity contribution >= 4 is 11.9 Å². The van der Waals surface area contributed by atoms with Crippen LogP contribution in [0, 0.1) is 23.7 Å². The summed E-state index contributed by atoms with van der Waals surface area (Å²) in [4.78, 5) is 27.1. The molecule has 5 aromatic carbocycles. The summed E-state index contributed by atoms with van der Waals surface area (Å²) in [6.07, 6.45) is 0.603. The lowest BCUT2D eigenvalue weighted by molar-refractivity contribution is -0.143. The minimum absolute atomic E-state index is 0.238. The number of hydrogen-bond donors (Lipinski definition) is 0. The fourth-order valence-electron chi connectivity index (χ4n) is 7.11. The summed E-state index contributed by atoms with van der Waals surface area (Å²) in [5.74, 6) is -0.218. The lowest BCUT2D eigenvalue weighted by Crippen LogP contribution is -2.44. The summed E-state index contributed by atoms with van der Waals surface area (Å²) in [5, 5.41) is 9.26. The zero-order valence-corrected chi connectivity index (χ0v) is 26.3. The number of esters is 2. The number of ether oxygens (including phenoxy) is 2. The van der Waals surface area contributed by atoms with E-state index in [1.54, 1.807) is 36.4 Å². The average molecular weight is 604 g/mol. The Morgan fingerprint density at radius 3 is 1.96 bits per heavy atom. The summed E-state index contributed by atoms with van der Waals surface area (Å²) in [7, 11) is 0. The third-order valence-corrected chi connectivity index (χ3v) is 9.33. The number of aryl methyl sites for hydroxylation is 1. The Bertz CT molecular complexity index is 2030. The molecule has 0 aliphatic heterocycles.